The van der Waals surface area contributed by atoms with Gasteiger partial charge in [-0.1, -0.05) is 24.0 Å². The number of alkyl halides is 4. The molecule has 0 saturated carbocycles. The summed E-state index contributed by atoms with van der Waals surface area (Å²) in [5.41, 5.74) is 0.241. The third kappa shape index (κ3) is 6.43. The first-order valence-electron chi connectivity index (χ1n) is 12.3. The van der Waals surface area contributed by atoms with Crippen LogP contribution in [0.25, 0.3) is 10.9 Å². The van der Waals surface area contributed by atoms with E-state index in [1.165, 1.54) is 25.3 Å². The van der Waals surface area contributed by atoms with Crippen molar-refractivity contribution in [2.75, 3.05) is 26.7 Å². The van der Waals surface area contributed by atoms with Crippen LogP contribution in [0.1, 0.15) is 42.1 Å². The number of carboxylic acids is 1. The Labute approximate surface area is 218 Å². The number of carbonyl (C=O) groups is 1. The fourth-order valence-electron chi connectivity index (χ4n) is 4.99. The van der Waals surface area contributed by atoms with Gasteiger partial charge in [-0.25, -0.2) is 4.39 Å². The first kappa shape index (κ1) is 27.4. The number of halogens is 4. The zero-order valence-corrected chi connectivity index (χ0v) is 20.8. The number of piperidine rings is 1. The number of aromatic nitrogens is 1. The number of nitrogens with zero attached hydrogens (tertiary/aromatic N) is 2. The predicted octanol–water partition coefficient (Wildman–Crippen LogP) is 6.13. The topological polar surface area (TPSA) is 62.7 Å². The summed E-state index contributed by atoms with van der Waals surface area (Å²) in [6.45, 7) is 0.900. The molecule has 200 valence electrons. The van der Waals surface area contributed by atoms with Crippen LogP contribution >= 0.6 is 0 Å². The first-order chi connectivity index (χ1) is 18.2. The summed E-state index contributed by atoms with van der Waals surface area (Å²) in [6.07, 6.45) is -3.14. The molecule has 0 aliphatic carbocycles. The van der Waals surface area contributed by atoms with Crippen LogP contribution < -0.4 is 4.74 Å². The number of carboxylic acid groups (broad SMARTS) is 1. The van der Waals surface area contributed by atoms with Crippen molar-refractivity contribution in [1.29, 1.82) is 0 Å². The van der Waals surface area contributed by atoms with Crippen molar-refractivity contribution in [2.45, 2.75) is 31.6 Å². The summed E-state index contributed by atoms with van der Waals surface area (Å²) in [4.78, 5) is 18.1. The number of hydrogen-bond acceptors (Lipinski definition) is 4. The lowest BCUT2D eigenvalue weighted by atomic mass is 9.81. The normalized spacial score (nSPS) is 19.0. The Morgan fingerprint density at radius 2 is 2.03 bits per heavy atom. The number of hydrogen-bond donors (Lipinski definition) is 1. The SMILES string of the molecule is COc1ccc2nccc([C@@H](F)CC[C@@H]3CCN(CC#Cc4ccccc4C(F)(F)F)C[C@@H]3C(=O)O)c2c1. The molecular weight excluding hydrogens is 500 g/mol. The van der Waals surface area contributed by atoms with E-state index in [9.17, 15) is 23.1 Å². The minimum absolute atomic E-state index is 0.111. The molecule has 0 bridgehead atoms. The summed E-state index contributed by atoms with van der Waals surface area (Å²) >= 11 is 0. The molecule has 4 rings (SSSR count). The van der Waals surface area contributed by atoms with Crippen LogP contribution in [0.3, 0.4) is 0 Å². The van der Waals surface area contributed by atoms with Crippen molar-refractivity contribution < 1.29 is 32.2 Å². The molecule has 1 aliphatic rings. The van der Waals surface area contributed by atoms with Gasteiger partial charge in [0.05, 0.1) is 30.7 Å². The van der Waals surface area contributed by atoms with E-state index in [0.717, 1.165) is 6.07 Å². The van der Waals surface area contributed by atoms with E-state index in [0.29, 0.717) is 41.6 Å². The Balaban J connectivity index is 1.39. The van der Waals surface area contributed by atoms with E-state index >= 15 is 4.39 Å². The number of fused-ring (bicyclic) bond motifs is 1. The van der Waals surface area contributed by atoms with E-state index in [-0.39, 0.29) is 31.0 Å². The lowest BCUT2D eigenvalue weighted by Crippen LogP contribution is -2.44. The molecular formula is C29H28F4N2O3. The molecule has 1 aliphatic heterocycles. The van der Waals surface area contributed by atoms with E-state index in [1.54, 1.807) is 30.5 Å². The van der Waals surface area contributed by atoms with Gasteiger partial charge in [0.25, 0.3) is 0 Å². The molecule has 0 radical (unpaired) electrons. The Kier molecular flexibility index (Phi) is 8.52. The van der Waals surface area contributed by atoms with Gasteiger partial charge in [0.1, 0.15) is 11.9 Å². The summed E-state index contributed by atoms with van der Waals surface area (Å²) in [6, 6.07) is 12.0. The zero-order valence-electron chi connectivity index (χ0n) is 20.8. The average molecular weight is 529 g/mol. The third-order valence-corrected chi connectivity index (χ3v) is 7.03. The number of methoxy groups -OCH3 is 1. The first-order valence-corrected chi connectivity index (χ1v) is 12.3. The van der Waals surface area contributed by atoms with Gasteiger partial charge in [-0.3, -0.25) is 14.7 Å². The maximum Gasteiger partial charge on any atom is 0.417 e. The molecule has 3 atom stereocenters. The maximum atomic E-state index is 15.4. The summed E-state index contributed by atoms with van der Waals surface area (Å²) in [5, 5.41) is 10.5. The van der Waals surface area contributed by atoms with Crippen molar-refractivity contribution >= 4 is 16.9 Å². The molecule has 1 saturated heterocycles. The van der Waals surface area contributed by atoms with Gasteiger partial charge in [0.15, 0.2) is 0 Å². The zero-order chi connectivity index (χ0) is 27.3. The summed E-state index contributed by atoms with van der Waals surface area (Å²) in [7, 11) is 1.54. The Hall–Kier alpha value is -3.64. The standard InChI is InChI=1S/C29H28F4N2O3/c1-38-21-9-11-27-23(17-21)22(12-14-34-27)26(30)10-8-19-13-16-35(18-24(19)28(36)37)15-4-6-20-5-2-3-7-25(20)29(31,32)33/h2-3,5,7,9,11-12,14,17,19,24,26H,8,10,13,15-16,18H2,1H3,(H,36,37)/t19-,24+,26+/m1/s1. The Morgan fingerprint density at radius 3 is 2.76 bits per heavy atom. The molecule has 0 amide bonds. The average Bonchev–Trinajstić information content (AvgIpc) is 2.91. The van der Waals surface area contributed by atoms with Crippen molar-refractivity contribution in [2.24, 2.45) is 11.8 Å². The van der Waals surface area contributed by atoms with Crippen molar-refractivity contribution in [3.8, 4) is 17.6 Å². The molecule has 38 heavy (non-hydrogen) atoms. The van der Waals surface area contributed by atoms with Crippen molar-refractivity contribution in [1.82, 2.24) is 9.88 Å². The highest BCUT2D eigenvalue weighted by molar-refractivity contribution is 5.83. The van der Waals surface area contributed by atoms with Gasteiger partial charge in [-0.05, 0) is 73.7 Å². The van der Waals surface area contributed by atoms with Crippen LogP contribution in [-0.4, -0.2) is 47.7 Å². The number of ether oxygens (including phenoxy) is 1. The number of pyridine rings is 1. The number of rotatable bonds is 7. The van der Waals surface area contributed by atoms with E-state index < -0.39 is 29.8 Å². The molecule has 0 unspecified atom stereocenters. The molecule has 1 aromatic heterocycles. The quantitative estimate of drug-likeness (QED) is 0.295. The van der Waals surface area contributed by atoms with Crippen LogP contribution in [-0.2, 0) is 11.0 Å². The third-order valence-electron chi connectivity index (χ3n) is 7.03. The van der Waals surface area contributed by atoms with Gasteiger partial charge < -0.3 is 9.84 Å². The minimum Gasteiger partial charge on any atom is -0.497 e. The van der Waals surface area contributed by atoms with Crippen LogP contribution in [0.4, 0.5) is 17.6 Å². The van der Waals surface area contributed by atoms with Gasteiger partial charge in [0.2, 0.25) is 0 Å². The van der Waals surface area contributed by atoms with Gasteiger partial charge in [0, 0.05) is 23.7 Å². The maximum absolute atomic E-state index is 15.4. The molecule has 0 spiro atoms. The smallest absolute Gasteiger partial charge is 0.417 e. The highest BCUT2D eigenvalue weighted by Crippen LogP contribution is 2.35. The van der Waals surface area contributed by atoms with Crippen LogP contribution in [0, 0.1) is 23.7 Å². The highest BCUT2D eigenvalue weighted by atomic mass is 19.4. The highest BCUT2D eigenvalue weighted by Gasteiger charge is 2.35. The summed E-state index contributed by atoms with van der Waals surface area (Å²) < 4.78 is 60.2. The number of likely N-dealkylation sites (tertiary alicyclic amines) is 1. The van der Waals surface area contributed by atoms with Crippen LogP contribution in [0.5, 0.6) is 5.75 Å². The Morgan fingerprint density at radius 1 is 1.24 bits per heavy atom. The Bertz CT molecular complexity index is 1350. The second kappa shape index (κ2) is 11.8. The predicted molar refractivity (Wildman–Crippen MR) is 135 cm³/mol. The molecule has 3 aromatic rings. The monoisotopic (exact) mass is 528 g/mol. The molecule has 1 N–H and O–H groups in total. The van der Waals surface area contributed by atoms with Crippen molar-refractivity contribution in [3.63, 3.8) is 0 Å². The summed E-state index contributed by atoms with van der Waals surface area (Å²) in [5.74, 6) is 4.04. The number of benzene rings is 2. The lowest BCUT2D eigenvalue weighted by Gasteiger charge is -2.35. The van der Waals surface area contributed by atoms with Crippen LogP contribution in [0.2, 0.25) is 0 Å². The van der Waals surface area contributed by atoms with Gasteiger partial charge in [-0.15, -0.1) is 0 Å². The van der Waals surface area contributed by atoms with E-state index in [1.807, 2.05) is 4.90 Å². The van der Waals surface area contributed by atoms with Crippen LogP contribution in [0.15, 0.2) is 54.7 Å². The molecule has 2 heterocycles. The fourth-order valence-corrected chi connectivity index (χ4v) is 4.99. The van der Waals surface area contributed by atoms with Gasteiger partial charge >= 0.3 is 12.1 Å². The second-order valence-corrected chi connectivity index (χ2v) is 9.40. The van der Waals surface area contributed by atoms with E-state index in [4.69, 9.17) is 4.74 Å². The second-order valence-electron chi connectivity index (χ2n) is 9.40. The van der Waals surface area contributed by atoms with Gasteiger partial charge in [-0.2, -0.15) is 13.2 Å². The molecule has 5 nitrogen and oxygen atoms in total. The molecule has 2 aromatic carbocycles. The minimum atomic E-state index is -4.50. The van der Waals surface area contributed by atoms with Crippen molar-refractivity contribution in [3.05, 3.63) is 71.4 Å². The number of aliphatic carboxylic acids is 1. The largest absolute Gasteiger partial charge is 0.497 e. The van der Waals surface area contributed by atoms with E-state index in [2.05, 4.69) is 16.8 Å². The lowest BCUT2D eigenvalue weighted by molar-refractivity contribution is -0.146. The molecule has 9 heteroatoms. The fraction of sp³-hybridized carbons (Fsp3) is 0.379. The molecule has 1 fully saturated rings.